The van der Waals surface area contributed by atoms with Gasteiger partial charge in [0.25, 0.3) is 5.91 Å². The number of hydrogen-bond donors (Lipinski definition) is 0. The Labute approximate surface area is 191 Å². The molecule has 0 N–H and O–H groups in total. The van der Waals surface area contributed by atoms with Gasteiger partial charge in [-0.15, -0.1) is 10.2 Å². The molecule has 0 bridgehead atoms. The second kappa shape index (κ2) is 9.86. The zero-order valence-corrected chi connectivity index (χ0v) is 18.9. The molecule has 1 aliphatic rings. The van der Waals surface area contributed by atoms with Gasteiger partial charge in [0.15, 0.2) is 5.16 Å². The van der Waals surface area contributed by atoms with E-state index in [1.54, 1.807) is 47.5 Å². The molecule has 3 aromatic rings. The summed E-state index contributed by atoms with van der Waals surface area (Å²) in [4.78, 5) is 29.0. The molecule has 0 atom stereocenters. The van der Waals surface area contributed by atoms with Crippen LogP contribution in [0.1, 0.15) is 15.9 Å². The van der Waals surface area contributed by atoms with Crippen LogP contribution in [-0.4, -0.2) is 75.4 Å². The molecular weight excluding hydrogens is 426 g/mol. The van der Waals surface area contributed by atoms with E-state index in [4.69, 9.17) is 4.74 Å². The van der Waals surface area contributed by atoms with Gasteiger partial charge >= 0.3 is 0 Å². The fourth-order valence-corrected chi connectivity index (χ4v) is 4.33. The number of aromatic nitrogens is 3. The number of thioether (sulfide) groups is 1. The number of methoxy groups -OCH3 is 1. The second-order valence-corrected chi connectivity index (χ2v) is 8.45. The highest BCUT2D eigenvalue weighted by atomic mass is 32.2. The van der Waals surface area contributed by atoms with Gasteiger partial charge in [-0.1, -0.05) is 29.5 Å². The predicted molar refractivity (Wildman–Crippen MR) is 122 cm³/mol. The smallest absolute Gasteiger partial charge is 0.253 e. The van der Waals surface area contributed by atoms with Gasteiger partial charge in [0.05, 0.1) is 12.9 Å². The second-order valence-electron chi connectivity index (χ2n) is 7.51. The van der Waals surface area contributed by atoms with Crippen molar-refractivity contribution in [3.63, 3.8) is 0 Å². The molecule has 0 spiro atoms. The molecule has 0 aliphatic carbocycles. The van der Waals surface area contributed by atoms with Crippen LogP contribution in [-0.2, 0) is 4.79 Å². The van der Waals surface area contributed by atoms with Crippen molar-refractivity contribution in [3.05, 3.63) is 66.0 Å². The molecular formula is C23H25N5O3S. The molecule has 2 heterocycles. The summed E-state index contributed by atoms with van der Waals surface area (Å²) in [5, 5.41) is 8.83. The lowest BCUT2D eigenvalue weighted by Crippen LogP contribution is -2.51. The van der Waals surface area contributed by atoms with E-state index in [0.717, 1.165) is 5.69 Å². The summed E-state index contributed by atoms with van der Waals surface area (Å²) in [6.07, 6.45) is 1.65. The zero-order valence-electron chi connectivity index (χ0n) is 18.1. The monoisotopic (exact) mass is 451 g/mol. The standard InChI is InChI=1S/C23H25N5O3S/c1-17-3-7-19(8-4-17)28-16-24-25-23(28)32-15-21(29)26-11-13-27(14-12-26)22(30)18-5-9-20(31-2)10-6-18/h3-10,16H,11-15H2,1-2H3. The predicted octanol–water partition coefficient (Wildman–Crippen LogP) is 2.66. The van der Waals surface area contributed by atoms with E-state index in [9.17, 15) is 9.59 Å². The molecule has 4 rings (SSSR count). The van der Waals surface area contributed by atoms with Crippen LogP contribution in [0.15, 0.2) is 60.0 Å². The Balaban J connectivity index is 1.29. The van der Waals surface area contributed by atoms with Crippen molar-refractivity contribution in [1.29, 1.82) is 0 Å². The number of nitrogens with zero attached hydrogens (tertiary/aromatic N) is 5. The average molecular weight is 452 g/mol. The lowest BCUT2D eigenvalue weighted by molar-refractivity contribution is -0.129. The van der Waals surface area contributed by atoms with Gasteiger partial charge in [-0.3, -0.25) is 14.2 Å². The molecule has 0 unspecified atom stereocenters. The van der Waals surface area contributed by atoms with Gasteiger partial charge in [0, 0.05) is 37.4 Å². The van der Waals surface area contributed by atoms with Crippen LogP contribution in [0, 0.1) is 6.92 Å². The largest absolute Gasteiger partial charge is 0.497 e. The van der Waals surface area contributed by atoms with E-state index in [1.807, 2.05) is 35.8 Å². The Morgan fingerprint density at radius 2 is 1.62 bits per heavy atom. The quantitative estimate of drug-likeness (QED) is 0.536. The van der Waals surface area contributed by atoms with Crippen LogP contribution in [0.5, 0.6) is 5.75 Å². The summed E-state index contributed by atoms with van der Waals surface area (Å²) in [5.41, 5.74) is 2.76. The van der Waals surface area contributed by atoms with Crippen molar-refractivity contribution in [3.8, 4) is 11.4 Å². The van der Waals surface area contributed by atoms with E-state index in [2.05, 4.69) is 10.2 Å². The maximum Gasteiger partial charge on any atom is 0.253 e. The summed E-state index contributed by atoms with van der Waals surface area (Å²) in [6.45, 7) is 4.11. The number of hydrogen-bond acceptors (Lipinski definition) is 6. The number of carbonyl (C=O) groups is 2. The van der Waals surface area contributed by atoms with Crippen molar-refractivity contribution >= 4 is 23.6 Å². The highest BCUT2D eigenvalue weighted by molar-refractivity contribution is 7.99. The Bertz CT molecular complexity index is 1070. The molecule has 32 heavy (non-hydrogen) atoms. The number of carbonyl (C=O) groups excluding carboxylic acids is 2. The maximum atomic E-state index is 12.7. The van der Waals surface area contributed by atoms with Crippen LogP contribution in [0.2, 0.25) is 0 Å². The van der Waals surface area contributed by atoms with Crippen LogP contribution >= 0.6 is 11.8 Å². The molecule has 1 aliphatic heterocycles. The van der Waals surface area contributed by atoms with Gasteiger partial charge in [0.1, 0.15) is 12.1 Å². The number of rotatable bonds is 6. The lowest BCUT2D eigenvalue weighted by atomic mass is 10.1. The highest BCUT2D eigenvalue weighted by Crippen LogP contribution is 2.21. The minimum absolute atomic E-state index is 0.0275. The summed E-state index contributed by atoms with van der Waals surface area (Å²) >= 11 is 1.37. The Morgan fingerprint density at radius 3 is 2.28 bits per heavy atom. The van der Waals surface area contributed by atoms with Gasteiger partial charge < -0.3 is 14.5 Å². The van der Waals surface area contributed by atoms with E-state index in [0.29, 0.717) is 42.6 Å². The topological polar surface area (TPSA) is 80.6 Å². The molecule has 1 saturated heterocycles. The minimum Gasteiger partial charge on any atom is -0.497 e. The van der Waals surface area contributed by atoms with E-state index >= 15 is 0 Å². The Hall–Kier alpha value is -3.33. The minimum atomic E-state index is -0.0275. The Morgan fingerprint density at radius 1 is 0.969 bits per heavy atom. The van der Waals surface area contributed by atoms with Crippen molar-refractivity contribution in [2.75, 3.05) is 39.0 Å². The first-order chi connectivity index (χ1) is 15.5. The summed E-state index contributed by atoms with van der Waals surface area (Å²) in [6, 6.07) is 15.1. The van der Waals surface area contributed by atoms with Gasteiger partial charge in [-0.25, -0.2) is 0 Å². The first-order valence-corrected chi connectivity index (χ1v) is 11.3. The maximum absolute atomic E-state index is 12.7. The van der Waals surface area contributed by atoms with Crippen molar-refractivity contribution < 1.29 is 14.3 Å². The molecule has 9 heteroatoms. The van der Waals surface area contributed by atoms with E-state index in [1.165, 1.54) is 17.3 Å². The normalized spacial score (nSPS) is 13.8. The van der Waals surface area contributed by atoms with Gasteiger partial charge in [0.2, 0.25) is 5.91 Å². The first-order valence-electron chi connectivity index (χ1n) is 10.4. The van der Waals surface area contributed by atoms with E-state index in [-0.39, 0.29) is 17.6 Å². The van der Waals surface area contributed by atoms with Crippen LogP contribution in [0.25, 0.3) is 5.69 Å². The number of aryl methyl sites for hydroxylation is 1. The number of ether oxygens (including phenoxy) is 1. The van der Waals surface area contributed by atoms with Gasteiger partial charge in [-0.05, 0) is 43.3 Å². The van der Waals surface area contributed by atoms with Crippen molar-refractivity contribution in [2.24, 2.45) is 0 Å². The molecule has 0 radical (unpaired) electrons. The fourth-order valence-electron chi connectivity index (χ4n) is 3.50. The molecule has 1 aromatic heterocycles. The zero-order chi connectivity index (χ0) is 22.5. The highest BCUT2D eigenvalue weighted by Gasteiger charge is 2.25. The molecule has 8 nitrogen and oxygen atoms in total. The number of amides is 2. The Kier molecular flexibility index (Phi) is 6.75. The SMILES string of the molecule is COc1ccc(C(=O)N2CCN(C(=O)CSc3nncn3-c3ccc(C)cc3)CC2)cc1. The fraction of sp³-hybridized carbons (Fsp3) is 0.304. The third-order valence-electron chi connectivity index (χ3n) is 5.41. The third-order valence-corrected chi connectivity index (χ3v) is 6.34. The van der Waals surface area contributed by atoms with Crippen LogP contribution < -0.4 is 4.74 Å². The van der Waals surface area contributed by atoms with Crippen LogP contribution in [0.3, 0.4) is 0 Å². The third kappa shape index (κ3) is 4.94. The molecule has 0 saturated carbocycles. The average Bonchev–Trinajstić information content (AvgIpc) is 3.31. The van der Waals surface area contributed by atoms with Gasteiger partial charge in [-0.2, -0.15) is 0 Å². The number of piperazine rings is 1. The summed E-state index contributed by atoms with van der Waals surface area (Å²) in [5.74, 6) is 0.995. The lowest BCUT2D eigenvalue weighted by Gasteiger charge is -2.34. The molecule has 1 fully saturated rings. The van der Waals surface area contributed by atoms with Crippen molar-refractivity contribution in [1.82, 2.24) is 24.6 Å². The van der Waals surface area contributed by atoms with Crippen molar-refractivity contribution in [2.45, 2.75) is 12.1 Å². The van der Waals surface area contributed by atoms with E-state index < -0.39 is 0 Å². The summed E-state index contributed by atoms with van der Waals surface area (Å²) < 4.78 is 7.02. The molecule has 2 amide bonds. The number of benzene rings is 2. The molecule has 2 aromatic carbocycles. The first kappa shape index (κ1) is 21.9. The summed E-state index contributed by atoms with van der Waals surface area (Å²) in [7, 11) is 1.59. The molecule has 166 valence electrons. The van der Waals surface area contributed by atoms with Crippen LogP contribution in [0.4, 0.5) is 0 Å².